The molecule has 0 rings (SSSR count). The Bertz CT molecular complexity index is 835. The molecule has 0 heterocycles. The topological polar surface area (TPSA) is 89.8 Å². The summed E-state index contributed by atoms with van der Waals surface area (Å²) in [5, 5.41) is 33.0. The molecule has 0 aliphatic heterocycles. The molecule has 0 fully saturated rings. The van der Waals surface area contributed by atoms with E-state index < -0.39 is 24.2 Å². The molecule has 0 spiro atoms. The quantitative estimate of drug-likeness (QED) is 0.0377. The molecule has 5 heteroatoms. The maximum Gasteiger partial charge on any atom is 0.249 e. The number of allylic oxidation sites excluding steroid dienone is 7. The molecule has 0 radical (unpaired) electrons. The van der Waals surface area contributed by atoms with Crippen LogP contribution in [0.15, 0.2) is 48.6 Å². The fourth-order valence-corrected chi connectivity index (χ4v) is 6.39. The predicted molar refractivity (Wildman–Crippen MR) is 222 cm³/mol. The van der Waals surface area contributed by atoms with Crippen LogP contribution >= 0.6 is 0 Å². The van der Waals surface area contributed by atoms with Crippen LogP contribution in [-0.2, 0) is 4.79 Å². The summed E-state index contributed by atoms with van der Waals surface area (Å²) in [6.07, 6.45) is 52.9. The lowest BCUT2D eigenvalue weighted by Crippen LogP contribution is -2.48. The molecule has 1 amide bonds. The third-order valence-electron chi connectivity index (χ3n) is 9.87. The molecule has 3 unspecified atom stereocenters. The Morgan fingerprint density at radius 2 is 0.804 bits per heavy atom. The first-order valence-corrected chi connectivity index (χ1v) is 22.0. The Morgan fingerprint density at radius 3 is 1.24 bits per heavy atom. The molecule has 0 aromatic heterocycles. The molecule has 0 saturated carbocycles. The Hall–Kier alpha value is -1.69. The van der Waals surface area contributed by atoms with Crippen molar-refractivity contribution in [3.8, 4) is 0 Å². The molecular formula is C46H85NO4. The minimum absolute atomic E-state index is 0.383. The summed E-state index contributed by atoms with van der Waals surface area (Å²) in [4.78, 5) is 12.4. The zero-order valence-electron chi connectivity index (χ0n) is 33.7. The minimum atomic E-state index is -1.11. The SMILES string of the molecule is CCCCC/C=C/CC/C=C/CC/C=C/C(O)C(CO)NC(=O)C(O)CCCCCCCCCC/C=C\CCCCCCCCCCCCCC. The van der Waals surface area contributed by atoms with Crippen molar-refractivity contribution in [2.24, 2.45) is 0 Å². The number of amides is 1. The monoisotopic (exact) mass is 716 g/mol. The Morgan fingerprint density at radius 1 is 0.471 bits per heavy atom. The summed E-state index contributed by atoms with van der Waals surface area (Å²) in [7, 11) is 0. The van der Waals surface area contributed by atoms with E-state index in [0.29, 0.717) is 6.42 Å². The lowest BCUT2D eigenvalue weighted by molar-refractivity contribution is -0.131. The van der Waals surface area contributed by atoms with E-state index in [9.17, 15) is 20.1 Å². The highest BCUT2D eigenvalue weighted by Crippen LogP contribution is 2.14. The maximum absolute atomic E-state index is 12.4. The van der Waals surface area contributed by atoms with Gasteiger partial charge in [0.1, 0.15) is 6.10 Å². The Kier molecular flexibility index (Phi) is 39.7. The van der Waals surface area contributed by atoms with Gasteiger partial charge < -0.3 is 20.6 Å². The molecule has 0 aromatic rings. The van der Waals surface area contributed by atoms with Gasteiger partial charge in [0.2, 0.25) is 5.91 Å². The normalized spacial score (nSPS) is 14.1. The number of unbranched alkanes of at least 4 members (excludes halogenated alkanes) is 25. The fraction of sp³-hybridized carbons (Fsp3) is 0.804. The number of rotatable bonds is 39. The second-order valence-corrected chi connectivity index (χ2v) is 14.9. The number of nitrogens with one attached hydrogen (secondary N) is 1. The van der Waals surface area contributed by atoms with Crippen LogP contribution in [-0.4, -0.2) is 46.1 Å². The first kappa shape index (κ1) is 49.3. The first-order valence-electron chi connectivity index (χ1n) is 22.0. The zero-order chi connectivity index (χ0) is 37.3. The summed E-state index contributed by atoms with van der Waals surface area (Å²) in [6, 6.07) is -0.822. The van der Waals surface area contributed by atoms with Crippen LogP contribution in [0.4, 0.5) is 0 Å². The average Bonchev–Trinajstić information content (AvgIpc) is 3.13. The van der Waals surface area contributed by atoms with Gasteiger partial charge in [0.05, 0.1) is 18.8 Å². The lowest BCUT2D eigenvalue weighted by atomic mass is 10.0. The number of carbonyl (C=O) groups is 1. The summed E-state index contributed by atoms with van der Waals surface area (Å²) in [5.41, 5.74) is 0. The molecule has 0 bridgehead atoms. The van der Waals surface area contributed by atoms with Crippen LogP contribution in [0.3, 0.4) is 0 Å². The molecule has 0 saturated heterocycles. The van der Waals surface area contributed by atoms with Gasteiger partial charge in [0, 0.05) is 0 Å². The average molecular weight is 716 g/mol. The van der Waals surface area contributed by atoms with Gasteiger partial charge in [-0.3, -0.25) is 4.79 Å². The zero-order valence-corrected chi connectivity index (χ0v) is 33.7. The van der Waals surface area contributed by atoms with Gasteiger partial charge in [-0.1, -0.05) is 191 Å². The molecule has 5 nitrogen and oxygen atoms in total. The highest BCUT2D eigenvalue weighted by atomic mass is 16.3. The molecule has 3 atom stereocenters. The lowest BCUT2D eigenvalue weighted by Gasteiger charge is -2.21. The van der Waals surface area contributed by atoms with Crippen molar-refractivity contribution in [1.82, 2.24) is 5.32 Å². The van der Waals surface area contributed by atoms with E-state index in [2.05, 4.69) is 55.6 Å². The van der Waals surface area contributed by atoms with E-state index in [1.54, 1.807) is 6.08 Å². The van der Waals surface area contributed by atoms with E-state index in [0.717, 1.165) is 44.9 Å². The molecule has 0 aliphatic rings. The highest BCUT2D eigenvalue weighted by Gasteiger charge is 2.22. The maximum atomic E-state index is 12.4. The second kappa shape index (κ2) is 41.1. The van der Waals surface area contributed by atoms with Crippen LogP contribution in [0.25, 0.3) is 0 Å². The van der Waals surface area contributed by atoms with Gasteiger partial charge in [0.15, 0.2) is 0 Å². The molecule has 0 aliphatic carbocycles. The molecule has 0 aromatic carbocycles. The number of aliphatic hydroxyl groups excluding tert-OH is 3. The van der Waals surface area contributed by atoms with Crippen molar-refractivity contribution in [1.29, 1.82) is 0 Å². The summed E-state index contributed by atoms with van der Waals surface area (Å²) in [6.45, 7) is 4.13. The van der Waals surface area contributed by atoms with Crippen LogP contribution in [0.2, 0.25) is 0 Å². The third kappa shape index (κ3) is 36.5. The number of carbonyl (C=O) groups excluding carboxylic acids is 1. The molecule has 51 heavy (non-hydrogen) atoms. The molecule has 298 valence electrons. The molecular weight excluding hydrogens is 631 g/mol. The van der Waals surface area contributed by atoms with Gasteiger partial charge in [-0.05, 0) is 70.6 Å². The van der Waals surface area contributed by atoms with E-state index in [1.807, 2.05) is 6.08 Å². The number of aliphatic hydroxyl groups is 3. The summed E-state index contributed by atoms with van der Waals surface area (Å²) in [5.74, 6) is -0.521. The van der Waals surface area contributed by atoms with E-state index in [1.165, 1.54) is 148 Å². The Balaban J connectivity index is 3.68. The van der Waals surface area contributed by atoms with Gasteiger partial charge in [-0.25, -0.2) is 0 Å². The van der Waals surface area contributed by atoms with Gasteiger partial charge in [-0.15, -0.1) is 0 Å². The van der Waals surface area contributed by atoms with Crippen molar-refractivity contribution in [3.05, 3.63) is 48.6 Å². The van der Waals surface area contributed by atoms with Crippen molar-refractivity contribution >= 4 is 5.91 Å². The second-order valence-electron chi connectivity index (χ2n) is 14.9. The Labute approximate surface area is 316 Å². The first-order chi connectivity index (χ1) is 25.1. The predicted octanol–water partition coefficient (Wildman–Crippen LogP) is 12.5. The van der Waals surface area contributed by atoms with Gasteiger partial charge in [-0.2, -0.15) is 0 Å². The fourth-order valence-electron chi connectivity index (χ4n) is 6.39. The largest absolute Gasteiger partial charge is 0.394 e. The third-order valence-corrected chi connectivity index (χ3v) is 9.87. The minimum Gasteiger partial charge on any atom is -0.394 e. The van der Waals surface area contributed by atoms with E-state index in [4.69, 9.17) is 0 Å². The smallest absolute Gasteiger partial charge is 0.249 e. The van der Waals surface area contributed by atoms with Crippen molar-refractivity contribution in [2.45, 2.75) is 231 Å². The highest BCUT2D eigenvalue weighted by molar-refractivity contribution is 5.80. The van der Waals surface area contributed by atoms with Crippen LogP contribution in [0.5, 0.6) is 0 Å². The summed E-state index contributed by atoms with van der Waals surface area (Å²) < 4.78 is 0. The van der Waals surface area contributed by atoms with Crippen LogP contribution in [0.1, 0.15) is 213 Å². The van der Waals surface area contributed by atoms with Crippen molar-refractivity contribution in [2.75, 3.05) is 6.61 Å². The van der Waals surface area contributed by atoms with E-state index in [-0.39, 0.29) is 6.61 Å². The van der Waals surface area contributed by atoms with E-state index >= 15 is 0 Å². The summed E-state index contributed by atoms with van der Waals surface area (Å²) >= 11 is 0. The van der Waals surface area contributed by atoms with Crippen molar-refractivity contribution in [3.63, 3.8) is 0 Å². The van der Waals surface area contributed by atoms with Crippen LogP contribution in [0, 0.1) is 0 Å². The van der Waals surface area contributed by atoms with Crippen LogP contribution < -0.4 is 5.32 Å². The van der Waals surface area contributed by atoms with Gasteiger partial charge >= 0.3 is 0 Å². The molecule has 4 N–H and O–H groups in total. The number of hydrogen-bond donors (Lipinski definition) is 4. The standard InChI is InChI=1S/C46H85NO4/c1-3-5-7-9-11-13-15-17-18-19-20-21-22-23-24-25-26-27-29-31-33-35-37-39-41-45(50)46(51)47-43(42-48)44(49)40-38-36-34-32-30-28-16-14-12-10-8-6-4-2/h12,14,23-24,30,32,38,40,43-45,48-50H,3-11,13,15-22,25-29,31,33-37,39,41-42H2,1-2H3,(H,47,51)/b14-12+,24-23-,32-30+,40-38+. The number of hydrogen-bond acceptors (Lipinski definition) is 4. The van der Waals surface area contributed by atoms with Gasteiger partial charge in [0.25, 0.3) is 0 Å². The van der Waals surface area contributed by atoms with Crippen molar-refractivity contribution < 1.29 is 20.1 Å².